The number of ether oxygens (including phenoxy) is 2. The molecule has 0 aliphatic carbocycles. The summed E-state index contributed by atoms with van der Waals surface area (Å²) in [4.78, 5) is 26.2. The van der Waals surface area contributed by atoms with Crippen molar-refractivity contribution in [3.63, 3.8) is 0 Å². The van der Waals surface area contributed by atoms with Crippen molar-refractivity contribution in [1.82, 2.24) is 19.6 Å². The molecule has 10 nitrogen and oxygen atoms in total. The van der Waals surface area contributed by atoms with Gasteiger partial charge in [-0.2, -0.15) is 15.0 Å². The summed E-state index contributed by atoms with van der Waals surface area (Å²) in [7, 11) is 1.51. The molecule has 3 aromatic heterocycles. The number of carbonyl (C=O) groups is 1. The van der Waals surface area contributed by atoms with Crippen LogP contribution in [0.3, 0.4) is 0 Å². The second kappa shape index (κ2) is 8.58. The summed E-state index contributed by atoms with van der Waals surface area (Å²) < 4.78 is 12.5. The van der Waals surface area contributed by atoms with Gasteiger partial charge in [0.1, 0.15) is 12.4 Å². The van der Waals surface area contributed by atoms with E-state index in [0.717, 1.165) is 10.9 Å². The number of nitrogen functional groups attached to an aromatic ring is 2. The Morgan fingerprint density at radius 2 is 1.79 bits per heavy atom. The molecule has 0 atom stereocenters. The molecule has 34 heavy (non-hydrogen) atoms. The first kappa shape index (κ1) is 21.0. The Morgan fingerprint density at radius 1 is 0.971 bits per heavy atom. The van der Waals surface area contributed by atoms with Crippen LogP contribution < -0.4 is 21.2 Å². The highest BCUT2D eigenvalue weighted by atomic mass is 16.6. The Hall–Kier alpha value is -4.86. The lowest BCUT2D eigenvalue weighted by Crippen LogP contribution is -2.36. The van der Waals surface area contributed by atoms with Crippen LogP contribution in [0.1, 0.15) is 5.56 Å². The van der Waals surface area contributed by atoms with E-state index in [0.29, 0.717) is 28.1 Å². The van der Waals surface area contributed by atoms with Gasteiger partial charge in [-0.3, -0.25) is 0 Å². The second-order valence-corrected chi connectivity index (χ2v) is 7.41. The first-order valence-electron chi connectivity index (χ1n) is 10.4. The molecule has 3 heterocycles. The van der Waals surface area contributed by atoms with Crippen molar-refractivity contribution in [3.05, 3.63) is 78.5 Å². The molecule has 0 saturated heterocycles. The molecule has 0 unspecified atom stereocenters. The Morgan fingerprint density at radius 3 is 2.59 bits per heavy atom. The van der Waals surface area contributed by atoms with Crippen LogP contribution in [0.2, 0.25) is 0 Å². The van der Waals surface area contributed by atoms with Gasteiger partial charge < -0.3 is 20.9 Å². The second-order valence-electron chi connectivity index (χ2n) is 7.41. The maximum Gasteiger partial charge on any atom is 0.435 e. The summed E-state index contributed by atoms with van der Waals surface area (Å²) in [6.45, 7) is 0.0995. The number of nitrogens with zero attached hydrogens (tertiary/aromatic N) is 5. The van der Waals surface area contributed by atoms with Crippen LogP contribution >= 0.6 is 0 Å². The Balaban J connectivity index is 1.62. The zero-order valence-corrected chi connectivity index (χ0v) is 18.3. The Kier molecular flexibility index (Phi) is 5.30. The number of rotatable bonds is 5. The third kappa shape index (κ3) is 3.77. The van der Waals surface area contributed by atoms with E-state index in [-0.39, 0.29) is 18.4 Å². The topological polar surface area (TPSA) is 134 Å². The lowest BCUT2D eigenvalue weighted by molar-refractivity contribution is 0.144. The number of anilines is 3. The minimum atomic E-state index is -0.622. The maximum atomic E-state index is 13.4. The van der Waals surface area contributed by atoms with E-state index in [1.807, 2.05) is 42.5 Å². The predicted molar refractivity (Wildman–Crippen MR) is 129 cm³/mol. The van der Waals surface area contributed by atoms with Crippen LogP contribution in [0.5, 0.6) is 5.88 Å². The average molecular weight is 455 g/mol. The number of nitrogens with two attached hydrogens (primary N) is 2. The highest BCUT2D eigenvalue weighted by molar-refractivity contribution is 6.11. The highest BCUT2D eigenvalue weighted by Crippen LogP contribution is 2.31. The van der Waals surface area contributed by atoms with Gasteiger partial charge in [-0.05, 0) is 29.8 Å². The Labute approximate surface area is 194 Å². The largest absolute Gasteiger partial charge is 0.481 e. The van der Waals surface area contributed by atoms with Gasteiger partial charge in [-0.1, -0.05) is 36.4 Å². The van der Waals surface area contributed by atoms with Crippen molar-refractivity contribution < 1.29 is 14.3 Å². The molecule has 4 N–H and O–H groups in total. The standard InChI is InChI=1S/C24H21N7O3/c1-33-20-9-5-8-19(28-20)31(24(32)34-14-15-6-3-2-4-7-15)30-13-12-16-18(30)11-10-17-21(16)22(25)29-23(26)27-17/h2-13H,14H2,1H3,(H4,25,26,27,29). The number of hydrogen-bond donors (Lipinski definition) is 2. The molecule has 1 amide bonds. The number of pyridine rings is 1. The van der Waals surface area contributed by atoms with E-state index in [2.05, 4.69) is 15.0 Å². The van der Waals surface area contributed by atoms with Gasteiger partial charge >= 0.3 is 6.09 Å². The molecular formula is C24H21N7O3. The summed E-state index contributed by atoms with van der Waals surface area (Å²) in [5.74, 6) is 1.02. The molecule has 0 radical (unpaired) electrons. The van der Waals surface area contributed by atoms with Crippen LogP contribution in [0.4, 0.5) is 22.4 Å². The van der Waals surface area contributed by atoms with E-state index in [4.69, 9.17) is 20.9 Å². The SMILES string of the molecule is COc1cccc(N(C(=O)OCc2ccccc2)n2ccc3c4c(N)nc(N)nc4ccc32)n1. The van der Waals surface area contributed by atoms with Gasteiger partial charge in [0, 0.05) is 17.6 Å². The summed E-state index contributed by atoms with van der Waals surface area (Å²) in [5, 5.41) is 2.72. The van der Waals surface area contributed by atoms with Crippen LogP contribution in [-0.2, 0) is 11.3 Å². The monoisotopic (exact) mass is 455 g/mol. The van der Waals surface area contributed by atoms with Gasteiger partial charge in [0.2, 0.25) is 11.8 Å². The van der Waals surface area contributed by atoms with Crippen LogP contribution in [0, 0.1) is 0 Å². The van der Waals surface area contributed by atoms with Crippen molar-refractivity contribution in [3.8, 4) is 5.88 Å². The molecule has 10 heteroatoms. The van der Waals surface area contributed by atoms with E-state index < -0.39 is 6.09 Å². The van der Waals surface area contributed by atoms with Crippen LogP contribution in [-0.4, -0.2) is 32.8 Å². The average Bonchev–Trinajstić information content (AvgIpc) is 3.27. The lowest BCUT2D eigenvalue weighted by Gasteiger charge is -2.23. The van der Waals surface area contributed by atoms with Gasteiger partial charge in [0.05, 0.1) is 23.5 Å². The smallest absolute Gasteiger partial charge is 0.435 e. The van der Waals surface area contributed by atoms with Crippen molar-refractivity contribution in [2.75, 3.05) is 23.6 Å². The molecule has 0 spiro atoms. The fourth-order valence-electron chi connectivity index (χ4n) is 3.76. The highest BCUT2D eigenvalue weighted by Gasteiger charge is 2.24. The van der Waals surface area contributed by atoms with Gasteiger partial charge in [0.15, 0.2) is 5.82 Å². The number of hydrogen-bond acceptors (Lipinski definition) is 8. The van der Waals surface area contributed by atoms with E-state index >= 15 is 0 Å². The number of aromatic nitrogens is 4. The zero-order chi connectivity index (χ0) is 23.7. The number of amides is 1. The molecule has 0 fully saturated rings. The summed E-state index contributed by atoms with van der Waals surface area (Å²) >= 11 is 0. The molecule has 0 aliphatic heterocycles. The van der Waals surface area contributed by atoms with Gasteiger partial charge in [-0.15, -0.1) is 0 Å². The molecule has 0 bridgehead atoms. The molecule has 5 aromatic rings. The van der Waals surface area contributed by atoms with Crippen molar-refractivity contribution in [1.29, 1.82) is 0 Å². The fourth-order valence-corrected chi connectivity index (χ4v) is 3.76. The molecular weight excluding hydrogens is 434 g/mol. The van der Waals surface area contributed by atoms with E-state index in [9.17, 15) is 4.79 Å². The lowest BCUT2D eigenvalue weighted by atomic mass is 10.1. The number of benzene rings is 2. The molecule has 170 valence electrons. The number of fused-ring (bicyclic) bond motifs is 3. The first-order valence-corrected chi connectivity index (χ1v) is 10.4. The van der Waals surface area contributed by atoms with E-state index in [1.165, 1.54) is 12.1 Å². The fraction of sp³-hybridized carbons (Fsp3) is 0.0833. The minimum absolute atomic E-state index is 0.0930. The number of carbonyl (C=O) groups excluding carboxylic acids is 1. The summed E-state index contributed by atoms with van der Waals surface area (Å²) in [6.07, 6.45) is 1.11. The Bertz CT molecular complexity index is 1500. The maximum absolute atomic E-state index is 13.4. The summed E-state index contributed by atoms with van der Waals surface area (Å²) in [6, 6.07) is 20.0. The first-order chi connectivity index (χ1) is 16.5. The third-order valence-corrected chi connectivity index (χ3v) is 5.28. The zero-order valence-electron chi connectivity index (χ0n) is 18.3. The van der Waals surface area contributed by atoms with Gasteiger partial charge in [-0.25, -0.2) is 14.5 Å². The molecule has 0 saturated carbocycles. The minimum Gasteiger partial charge on any atom is -0.481 e. The van der Waals surface area contributed by atoms with Crippen molar-refractivity contribution in [2.24, 2.45) is 0 Å². The quantitative estimate of drug-likeness (QED) is 0.409. The van der Waals surface area contributed by atoms with Crippen molar-refractivity contribution >= 4 is 45.5 Å². The summed E-state index contributed by atoms with van der Waals surface area (Å²) in [5.41, 5.74) is 14.0. The predicted octanol–water partition coefficient (Wildman–Crippen LogP) is 3.76. The van der Waals surface area contributed by atoms with E-state index in [1.54, 1.807) is 35.1 Å². The molecule has 0 aliphatic rings. The van der Waals surface area contributed by atoms with Crippen molar-refractivity contribution in [2.45, 2.75) is 6.61 Å². The van der Waals surface area contributed by atoms with Gasteiger partial charge in [0.25, 0.3) is 0 Å². The van der Waals surface area contributed by atoms with Crippen LogP contribution in [0.15, 0.2) is 72.9 Å². The normalized spacial score (nSPS) is 11.0. The number of methoxy groups -OCH3 is 1. The molecule has 2 aromatic carbocycles. The molecule has 5 rings (SSSR count). The third-order valence-electron chi connectivity index (χ3n) is 5.28. The van der Waals surface area contributed by atoms with Crippen LogP contribution in [0.25, 0.3) is 21.8 Å².